The molecule has 2 aromatic carbocycles. The minimum Gasteiger partial charge on any atom is -0.280 e. The van der Waals surface area contributed by atoms with Gasteiger partial charge in [0, 0.05) is 11.4 Å². The van der Waals surface area contributed by atoms with E-state index < -0.39 is 26.6 Å². The van der Waals surface area contributed by atoms with Crippen molar-refractivity contribution in [2.45, 2.75) is 25.3 Å². The zero-order chi connectivity index (χ0) is 18.9. The van der Waals surface area contributed by atoms with Crippen LogP contribution in [0, 0.1) is 25.5 Å². The Kier molecular flexibility index (Phi) is 4.78. The molecule has 1 heterocycles. The van der Waals surface area contributed by atoms with Crippen molar-refractivity contribution in [2.24, 2.45) is 0 Å². The second kappa shape index (κ2) is 6.87. The average molecular weight is 377 g/mol. The minimum absolute atomic E-state index is 0.257. The van der Waals surface area contributed by atoms with Gasteiger partial charge in [0.2, 0.25) is 0 Å². The maximum Gasteiger partial charge on any atom is 0.264 e. The fourth-order valence-corrected chi connectivity index (χ4v) is 3.77. The molecule has 8 heteroatoms. The third kappa shape index (κ3) is 3.91. The smallest absolute Gasteiger partial charge is 0.264 e. The highest BCUT2D eigenvalue weighted by atomic mass is 32.2. The lowest BCUT2D eigenvalue weighted by molar-refractivity contribution is 0.555. The van der Waals surface area contributed by atoms with Crippen molar-refractivity contribution in [1.82, 2.24) is 9.78 Å². The van der Waals surface area contributed by atoms with E-state index in [4.69, 9.17) is 0 Å². The Labute approximate surface area is 150 Å². The number of halogens is 2. The molecule has 0 saturated heterocycles. The van der Waals surface area contributed by atoms with Gasteiger partial charge in [0.05, 0.1) is 12.2 Å². The normalized spacial score (nSPS) is 11.5. The van der Waals surface area contributed by atoms with Crippen LogP contribution >= 0.6 is 0 Å². The van der Waals surface area contributed by atoms with E-state index in [2.05, 4.69) is 9.82 Å². The van der Waals surface area contributed by atoms with E-state index in [0.29, 0.717) is 12.6 Å². The lowest BCUT2D eigenvalue weighted by Crippen LogP contribution is -2.15. The SMILES string of the molecule is Cc1cc(C)n(Cc2cccc(NS(=O)(=O)c3cc(F)ccc3F)c2)n1. The van der Waals surface area contributed by atoms with Gasteiger partial charge in [0.1, 0.15) is 16.5 Å². The Morgan fingerprint density at radius 1 is 1.08 bits per heavy atom. The highest BCUT2D eigenvalue weighted by Crippen LogP contribution is 2.21. The largest absolute Gasteiger partial charge is 0.280 e. The number of nitrogens with one attached hydrogen (secondary N) is 1. The van der Waals surface area contributed by atoms with Gasteiger partial charge in [-0.2, -0.15) is 5.10 Å². The molecule has 136 valence electrons. The summed E-state index contributed by atoms with van der Waals surface area (Å²) in [6.45, 7) is 4.28. The number of nitrogens with zero attached hydrogens (tertiary/aromatic N) is 2. The molecule has 1 N–H and O–H groups in total. The molecule has 0 aliphatic heterocycles. The van der Waals surface area contributed by atoms with Crippen molar-refractivity contribution < 1.29 is 17.2 Å². The number of anilines is 1. The van der Waals surface area contributed by atoms with E-state index in [1.807, 2.05) is 26.0 Å². The highest BCUT2D eigenvalue weighted by molar-refractivity contribution is 7.92. The maximum atomic E-state index is 13.8. The van der Waals surface area contributed by atoms with E-state index in [1.54, 1.807) is 22.9 Å². The van der Waals surface area contributed by atoms with Gasteiger partial charge in [0.15, 0.2) is 0 Å². The first-order valence-corrected chi connectivity index (χ1v) is 9.31. The zero-order valence-corrected chi connectivity index (χ0v) is 15.0. The van der Waals surface area contributed by atoms with Crippen LogP contribution in [-0.4, -0.2) is 18.2 Å². The van der Waals surface area contributed by atoms with Gasteiger partial charge in [-0.05, 0) is 55.8 Å². The van der Waals surface area contributed by atoms with Crippen LogP contribution in [0.5, 0.6) is 0 Å². The molecule has 0 bridgehead atoms. The number of hydrogen-bond donors (Lipinski definition) is 1. The van der Waals surface area contributed by atoms with Gasteiger partial charge in [-0.25, -0.2) is 17.2 Å². The van der Waals surface area contributed by atoms with Gasteiger partial charge in [-0.3, -0.25) is 9.40 Å². The predicted octanol–water partition coefficient (Wildman–Crippen LogP) is 3.63. The van der Waals surface area contributed by atoms with E-state index >= 15 is 0 Å². The van der Waals surface area contributed by atoms with Crippen LogP contribution in [-0.2, 0) is 16.6 Å². The van der Waals surface area contributed by atoms with E-state index in [1.165, 1.54) is 0 Å². The number of rotatable bonds is 5. The minimum atomic E-state index is -4.25. The standard InChI is InChI=1S/C18H17F2N3O2S/c1-12-8-13(2)23(21-12)11-14-4-3-5-16(9-14)22-26(24,25)18-10-15(19)6-7-17(18)20/h3-10,22H,11H2,1-2H3. The van der Waals surface area contributed by atoms with Gasteiger partial charge in [-0.15, -0.1) is 0 Å². The molecule has 26 heavy (non-hydrogen) atoms. The monoisotopic (exact) mass is 377 g/mol. The van der Waals surface area contributed by atoms with Crippen LogP contribution in [0.3, 0.4) is 0 Å². The van der Waals surface area contributed by atoms with Crippen molar-refractivity contribution >= 4 is 15.7 Å². The second-order valence-corrected chi connectivity index (χ2v) is 7.62. The van der Waals surface area contributed by atoms with E-state index in [0.717, 1.165) is 29.1 Å². The summed E-state index contributed by atoms with van der Waals surface area (Å²) in [5, 5.41) is 4.37. The first-order chi connectivity index (χ1) is 12.2. The molecule has 0 aliphatic carbocycles. The van der Waals surface area contributed by atoms with Crippen molar-refractivity contribution in [2.75, 3.05) is 4.72 Å². The summed E-state index contributed by atoms with van der Waals surface area (Å²) in [4.78, 5) is -0.735. The summed E-state index contributed by atoms with van der Waals surface area (Å²) >= 11 is 0. The molecule has 1 aromatic heterocycles. The molecule has 0 radical (unpaired) electrons. The molecule has 0 spiro atoms. The molecule has 5 nitrogen and oxygen atoms in total. The van der Waals surface area contributed by atoms with Crippen LogP contribution < -0.4 is 4.72 Å². The molecular formula is C18H17F2N3O2S. The molecule has 3 rings (SSSR count). The van der Waals surface area contributed by atoms with Crippen LogP contribution in [0.1, 0.15) is 17.0 Å². The highest BCUT2D eigenvalue weighted by Gasteiger charge is 2.20. The molecule has 0 amide bonds. The van der Waals surface area contributed by atoms with Crippen molar-refractivity contribution in [1.29, 1.82) is 0 Å². The molecule has 3 aromatic rings. The van der Waals surface area contributed by atoms with Crippen LogP contribution in [0.15, 0.2) is 53.4 Å². The lowest BCUT2D eigenvalue weighted by Gasteiger charge is -2.11. The molecule has 0 unspecified atom stereocenters. The molecular weight excluding hydrogens is 360 g/mol. The van der Waals surface area contributed by atoms with Gasteiger partial charge in [-0.1, -0.05) is 12.1 Å². The number of sulfonamides is 1. The zero-order valence-electron chi connectivity index (χ0n) is 14.2. The van der Waals surface area contributed by atoms with Crippen molar-refractivity contribution in [3.8, 4) is 0 Å². The molecule has 0 atom stereocenters. The number of benzene rings is 2. The fraction of sp³-hybridized carbons (Fsp3) is 0.167. The van der Waals surface area contributed by atoms with Gasteiger partial charge >= 0.3 is 0 Å². The van der Waals surface area contributed by atoms with E-state index in [-0.39, 0.29) is 5.69 Å². The Morgan fingerprint density at radius 2 is 1.85 bits per heavy atom. The van der Waals surface area contributed by atoms with Crippen molar-refractivity contribution in [3.05, 3.63) is 77.1 Å². The predicted molar refractivity (Wildman–Crippen MR) is 94.4 cm³/mol. The Morgan fingerprint density at radius 3 is 2.54 bits per heavy atom. The summed E-state index contributed by atoms with van der Waals surface area (Å²) < 4.78 is 55.9. The Bertz CT molecular complexity index is 1060. The summed E-state index contributed by atoms with van der Waals surface area (Å²) in [7, 11) is -4.25. The number of aromatic nitrogens is 2. The molecule has 0 fully saturated rings. The Hall–Kier alpha value is -2.74. The number of aryl methyl sites for hydroxylation is 2. The average Bonchev–Trinajstić information content (AvgIpc) is 2.87. The third-order valence-electron chi connectivity index (χ3n) is 3.80. The Balaban J connectivity index is 1.86. The number of hydrogen-bond acceptors (Lipinski definition) is 3. The van der Waals surface area contributed by atoms with Crippen LogP contribution in [0.2, 0.25) is 0 Å². The summed E-state index contributed by atoms with van der Waals surface area (Å²) in [6.07, 6.45) is 0. The van der Waals surface area contributed by atoms with Crippen molar-refractivity contribution in [3.63, 3.8) is 0 Å². The van der Waals surface area contributed by atoms with Crippen LogP contribution in [0.25, 0.3) is 0 Å². The van der Waals surface area contributed by atoms with Gasteiger partial charge < -0.3 is 0 Å². The topological polar surface area (TPSA) is 64.0 Å². The summed E-state index contributed by atoms with van der Waals surface area (Å²) in [5.41, 5.74) is 2.94. The third-order valence-corrected chi connectivity index (χ3v) is 5.19. The summed E-state index contributed by atoms with van der Waals surface area (Å²) in [5.74, 6) is -1.84. The first-order valence-electron chi connectivity index (χ1n) is 7.82. The summed E-state index contributed by atoms with van der Waals surface area (Å²) in [6, 6.07) is 10.9. The van der Waals surface area contributed by atoms with E-state index in [9.17, 15) is 17.2 Å². The second-order valence-electron chi connectivity index (χ2n) is 5.97. The first kappa shape index (κ1) is 18.1. The quantitative estimate of drug-likeness (QED) is 0.739. The van der Waals surface area contributed by atoms with Gasteiger partial charge in [0.25, 0.3) is 10.0 Å². The molecule has 0 saturated carbocycles. The fourth-order valence-electron chi connectivity index (χ4n) is 2.63. The maximum absolute atomic E-state index is 13.8. The van der Waals surface area contributed by atoms with Crippen LogP contribution in [0.4, 0.5) is 14.5 Å². The lowest BCUT2D eigenvalue weighted by atomic mass is 10.2. The molecule has 0 aliphatic rings.